The van der Waals surface area contributed by atoms with E-state index in [-0.39, 0.29) is 11.3 Å². The molecular weight excluding hydrogens is 418 g/mol. The second-order valence-electron chi connectivity index (χ2n) is 7.38. The minimum Gasteiger partial charge on any atom is -0.410 e. The highest BCUT2D eigenvalue weighted by molar-refractivity contribution is 7.99. The van der Waals surface area contributed by atoms with Crippen molar-refractivity contribution < 1.29 is 9.53 Å². The summed E-state index contributed by atoms with van der Waals surface area (Å²) in [4.78, 5) is 26.0. The lowest BCUT2D eigenvalue weighted by molar-refractivity contribution is 0.134. The number of aromatic nitrogens is 4. The standard InChI is InChI=1S/C21H25N5O2S2/c1-25-13-10-24-20(25)30-14-15-6-11-26(12-7-15)21(27)28-17-4-2-16(3-5-17)18(29)19-22-8-9-23-19/h2-5,8-10,13,15,18,29H,6-7,11-12,14H2,1H3,(H,22,23). The van der Waals surface area contributed by atoms with Crippen molar-refractivity contribution in [2.24, 2.45) is 13.0 Å². The van der Waals surface area contributed by atoms with Crippen molar-refractivity contribution in [3.05, 3.63) is 60.4 Å². The van der Waals surface area contributed by atoms with E-state index in [4.69, 9.17) is 4.74 Å². The molecule has 2 aromatic heterocycles. The maximum atomic E-state index is 12.5. The number of aromatic amines is 1. The summed E-state index contributed by atoms with van der Waals surface area (Å²) in [5.41, 5.74) is 0.985. The monoisotopic (exact) mass is 443 g/mol. The predicted molar refractivity (Wildman–Crippen MR) is 120 cm³/mol. The van der Waals surface area contributed by atoms with E-state index < -0.39 is 0 Å². The van der Waals surface area contributed by atoms with Gasteiger partial charge < -0.3 is 19.2 Å². The first-order valence-electron chi connectivity index (χ1n) is 9.94. The fourth-order valence-electron chi connectivity index (χ4n) is 3.43. The molecule has 0 aliphatic carbocycles. The lowest BCUT2D eigenvalue weighted by Crippen LogP contribution is -2.40. The Morgan fingerprint density at radius 3 is 2.67 bits per heavy atom. The topological polar surface area (TPSA) is 76.0 Å². The van der Waals surface area contributed by atoms with Crippen LogP contribution >= 0.6 is 24.4 Å². The van der Waals surface area contributed by atoms with Gasteiger partial charge in [0.1, 0.15) is 11.6 Å². The zero-order valence-electron chi connectivity index (χ0n) is 16.8. The van der Waals surface area contributed by atoms with Gasteiger partial charge in [0, 0.05) is 50.7 Å². The summed E-state index contributed by atoms with van der Waals surface area (Å²) in [7, 11) is 2.01. The van der Waals surface area contributed by atoms with Crippen LogP contribution in [0.2, 0.25) is 0 Å². The average Bonchev–Trinajstić information content (AvgIpc) is 3.45. The zero-order valence-corrected chi connectivity index (χ0v) is 18.5. The van der Waals surface area contributed by atoms with Crippen molar-refractivity contribution >= 4 is 30.5 Å². The molecule has 1 aliphatic heterocycles. The predicted octanol–water partition coefficient (Wildman–Crippen LogP) is 4.17. The minimum absolute atomic E-state index is 0.146. The van der Waals surface area contributed by atoms with Crippen LogP contribution in [0.1, 0.15) is 29.5 Å². The highest BCUT2D eigenvalue weighted by Gasteiger charge is 2.24. The van der Waals surface area contributed by atoms with Crippen molar-refractivity contribution in [1.29, 1.82) is 0 Å². The molecule has 1 aromatic carbocycles. The SMILES string of the molecule is Cn1ccnc1SCC1CCN(C(=O)Oc2ccc(C(S)c3ncc[nH]3)cc2)CC1. The number of nitrogens with one attached hydrogen (secondary N) is 1. The summed E-state index contributed by atoms with van der Waals surface area (Å²) in [6.45, 7) is 1.44. The maximum absolute atomic E-state index is 12.5. The van der Waals surface area contributed by atoms with Gasteiger partial charge in [0.05, 0.1) is 5.25 Å². The number of ether oxygens (including phenoxy) is 1. The van der Waals surface area contributed by atoms with Crippen molar-refractivity contribution in [1.82, 2.24) is 24.4 Å². The highest BCUT2D eigenvalue weighted by Crippen LogP contribution is 2.28. The number of piperidine rings is 1. The molecule has 1 unspecified atom stereocenters. The molecule has 9 heteroatoms. The molecule has 1 amide bonds. The fraction of sp³-hybridized carbons (Fsp3) is 0.381. The summed E-state index contributed by atoms with van der Waals surface area (Å²) in [6, 6.07) is 7.42. The number of thioether (sulfide) groups is 1. The molecule has 1 saturated heterocycles. The Labute approximate surface area is 185 Å². The van der Waals surface area contributed by atoms with Crippen LogP contribution < -0.4 is 4.74 Å². The molecule has 1 N–H and O–H groups in total. The van der Waals surface area contributed by atoms with Gasteiger partial charge >= 0.3 is 6.09 Å². The van der Waals surface area contributed by atoms with E-state index in [0.717, 1.165) is 48.2 Å². The Bertz CT molecular complexity index is 950. The van der Waals surface area contributed by atoms with Gasteiger partial charge in [0.25, 0.3) is 0 Å². The number of amides is 1. The van der Waals surface area contributed by atoms with Gasteiger partial charge in [-0.3, -0.25) is 0 Å². The van der Waals surface area contributed by atoms with Crippen LogP contribution in [-0.4, -0.2) is 49.4 Å². The number of likely N-dealkylation sites (tertiary alicyclic amines) is 1. The molecule has 1 fully saturated rings. The Morgan fingerprint density at radius 1 is 1.27 bits per heavy atom. The van der Waals surface area contributed by atoms with Crippen LogP contribution in [0, 0.1) is 5.92 Å². The van der Waals surface area contributed by atoms with Gasteiger partial charge in [-0.25, -0.2) is 14.8 Å². The number of hydrogen-bond acceptors (Lipinski definition) is 6. The van der Waals surface area contributed by atoms with E-state index in [2.05, 4.69) is 27.6 Å². The molecule has 7 nitrogen and oxygen atoms in total. The minimum atomic E-state index is -0.286. The molecule has 3 aromatic rings. The van der Waals surface area contributed by atoms with Crippen molar-refractivity contribution in [3.63, 3.8) is 0 Å². The lowest BCUT2D eigenvalue weighted by Gasteiger charge is -2.31. The average molecular weight is 444 g/mol. The summed E-state index contributed by atoms with van der Waals surface area (Å²) in [6.07, 6.45) is 8.93. The van der Waals surface area contributed by atoms with Crippen molar-refractivity contribution in [2.75, 3.05) is 18.8 Å². The number of thiol groups is 1. The molecule has 0 spiro atoms. The zero-order chi connectivity index (χ0) is 20.9. The van der Waals surface area contributed by atoms with Crippen LogP contribution in [0.5, 0.6) is 5.75 Å². The number of nitrogens with zero attached hydrogens (tertiary/aromatic N) is 4. The second-order valence-corrected chi connectivity index (χ2v) is 8.88. The number of carbonyl (C=O) groups excluding carboxylic acids is 1. The first kappa shape index (κ1) is 20.9. The van der Waals surface area contributed by atoms with Crippen LogP contribution in [-0.2, 0) is 7.05 Å². The van der Waals surface area contributed by atoms with E-state index in [9.17, 15) is 4.79 Å². The van der Waals surface area contributed by atoms with Crippen LogP contribution in [0.25, 0.3) is 0 Å². The molecule has 0 bridgehead atoms. The second kappa shape index (κ2) is 9.61. The van der Waals surface area contributed by atoms with E-state index in [1.165, 1.54) is 0 Å². The third-order valence-electron chi connectivity index (χ3n) is 5.28. The smallest absolute Gasteiger partial charge is 0.410 e. The molecule has 0 radical (unpaired) electrons. The number of carbonyl (C=O) groups is 1. The van der Waals surface area contributed by atoms with Gasteiger partial charge in [-0.1, -0.05) is 23.9 Å². The van der Waals surface area contributed by atoms with Gasteiger partial charge in [0.2, 0.25) is 0 Å². The number of H-pyrrole nitrogens is 1. The lowest BCUT2D eigenvalue weighted by atomic mass is 9.99. The Morgan fingerprint density at radius 2 is 2.03 bits per heavy atom. The van der Waals surface area contributed by atoms with Gasteiger partial charge in [-0.05, 0) is 36.5 Å². The van der Waals surface area contributed by atoms with Crippen molar-refractivity contribution in [3.8, 4) is 5.75 Å². The number of imidazole rings is 2. The molecule has 0 saturated carbocycles. The van der Waals surface area contributed by atoms with E-state index >= 15 is 0 Å². The highest BCUT2D eigenvalue weighted by atomic mass is 32.2. The molecule has 30 heavy (non-hydrogen) atoms. The number of rotatable bonds is 6. The molecule has 4 rings (SSSR count). The first-order valence-corrected chi connectivity index (χ1v) is 11.4. The third-order valence-corrected chi connectivity index (χ3v) is 7.11. The number of aryl methyl sites for hydroxylation is 1. The first-order chi connectivity index (χ1) is 14.6. The Balaban J connectivity index is 1.24. The number of hydrogen-bond donors (Lipinski definition) is 2. The molecule has 158 valence electrons. The van der Waals surface area contributed by atoms with Crippen LogP contribution in [0.4, 0.5) is 4.79 Å². The Kier molecular flexibility index (Phi) is 6.69. The van der Waals surface area contributed by atoms with Gasteiger partial charge in [-0.15, -0.1) is 0 Å². The molecule has 1 aliphatic rings. The largest absolute Gasteiger partial charge is 0.415 e. The quantitative estimate of drug-likeness (QED) is 0.442. The van der Waals surface area contributed by atoms with Crippen molar-refractivity contribution in [2.45, 2.75) is 23.2 Å². The number of benzene rings is 1. The maximum Gasteiger partial charge on any atom is 0.415 e. The third kappa shape index (κ3) is 5.02. The summed E-state index contributed by atoms with van der Waals surface area (Å²) in [5, 5.41) is 0.892. The van der Waals surface area contributed by atoms with Gasteiger partial charge in [0.15, 0.2) is 5.16 Å². The summed E-state index contributed by atoms with van der Waals surface area (Å²) < 4.78 is 7.60. The van der Waals surface area contributed by atoms with E-state index in [1.54, 1.807) is 41.2 Å². The van der Waals surface area contributed by atoms with Crippen LogP contribution in [0.15, 0.2) is 54.2 Å². The normalized spacial score (nSPS) is 15.9. The van der Waals surface area contributed by atoms with Gasteiger partial charge in [-0.2, -0.15) is 12.6 Å². The Hall–Kier alpha value is -2.39. The summed E-state index contributed by atoms with van der Waals surface area (Å²) >= 11 is 6.38. The molecular formula is C21H25N5O2S2. The summed E-state index contributed by atoms with van der Waals surface area (Å²) in [5.74, 6) is 2.93. The fourth-order valence-corrected chi connectivity index (χ4v) is 4.87. The van der Waals surface area contributed by atoms with Crippen LogP contribution in [0.3, 0.4) is 0 Å². The van der Waals surface area contributed by atoms with E-state index in [1.807, 2.05) is 36.1 Å². The van der Waals surface area contributed by atoms with E-state index in [0.29, 0.717) is 11.7 Å². The molecule has 3 heterocycles. The molecule has 1 atom stereocenters.